The molecule has 7 heteroatoms. The van der Waals surface area contributed by atoms with Crippen LogP contribution in [0.25, 0.3) is 0 Å². The third-order valence-electron chi connectivity index (χ3n) is 3.49. The molecule has 1 aromatic carbocycles. The molecule has 1 aliphatic carbocycles. The largest absolute Gasteiger partial charge is 0.390 e. The Balaban J connectivity index is 2.14. The fourth-order valence-electron chi connectivity index (χ4n) is 2.21. The zero-order chi connectivity index (χ0) is 16.1. The van der Waals surface area contributed by atoms with E-state index < -0.39 is 0 Å². The molecule has 0 aromatic heterocycles. The third kappa shape index (κ3) is 3.74. The number of hydrogen-bond donors (Lipinski definition) is 3. The van der Waals surface area contributed by atoms with Crippen molar-refractivity contribution in [1.29, 1.82) is 5.26 Å². The lowest BCUT2D eigenvalue weighted by atomic mass is 10.1. The first-order chi connectivity index (χ1) is 10.6. The molecule has 2 rings (SSSR count). The van der Waals surface area contributed by atoms with Crippen molar-refractivity contribution < 1.29 is 4.79 Å². The van der Waals surface area contributed by atoms with E-state index in [0.29, 0.717) is 27.0 Å². The van der Waals surface area contributed by atoms with Crippen molar-refractivity contribution in [2.75, 3.05) is 7.05 Å². The number of nitriles is 1. The highest BCUT2D eigenvalue weighted by Crippen LogP contribution is 2.38. The van der Waals surface area contributed by atoms with Crippen LogP contribution in [0.1, 0.15) is 24.0 Å². The Kier molecular flexibility index (Phi) is 5.72. The maximum atomic E-state index is 12.4. The van der Waals surface area contributed by atoms with E-state index >= 15 is 0 Å². The molecule has 0 saturated heterocycles. The molecule has 0 spiro atoms. The summed E-state index contributed by atoms with van der Waals surface area (Å²) < 4.78 is 0. The van der Waals surface area contributed by atoms with Crippen LogP contribution in [-0.2, 0) is 11.3 Å². The summed E-state index contributed by atoms with van der Waals surface area (Å²) in [6.45, 7) is 0.188. The Labute approximate surface area is 139 Å². The van der Waals surface area contributed by atoms with Gasteiger partial charge in [-0.2, -0.15) is 5.26 Å². The quantitative estimate of drug-likeness (QED) is 0.547. The zero-order valence-electron chi connectivity index (χ0n) is 12.1. The van der Waals surface area contributed by atoms with Crippen molar-refractivity contribution >= 4 is 29.5 Å². The fraction of sp³-hybridized carbons (Fsp3) is 0.333. The van der Waals surface area contributed by atoms with Gasteiger partial charge in [0.25, 0.3) is 5.91 Å². The summed E-state index contributed by atoms with van der Waals surface area (Å²) in [6.07, 6.45) is 2.13. The van der Waals surface area contributed by atoms with E-state index in [9.17, 15) is 4.79 Å². The van der Waals surface area contributed by atoms with Gasteiger partial charge in [0, 0.05) is 35.8 Å². The van der Waals surface area contributed by atoms with E-state index in [1.165, 1.54) is 0 Å². The molecule has 116 valence electrons. The first kappa shape index (κ1) is 16.7. The molecule has 5 nitrogen and oxygen atoms in total. The minimum Gasteiger partial charge on any atom is -0.390 e. The van der Waals surface area contributed by atoms with Crippen molar-refractivity contribution in [2.24, 2.45) is 11.1 Å². The van der Waals surface area contributed by atoms with Gasteiger partial charge >= 0.3 is 0 Å². The fourth-order valence-corrected chi connectivity index (χ4v) is 3.02. The number of carbonyl (C=O) groups excluding carboxylic acids is 1. The van der Waals surface area contributed by atoms with Gasteiger partial charge in [0.1, 0.15) is 4.91 Å². The third-order valence-corrected chi connectivity index (χ3v) is 4.48. The number of carbonyl (C=O) groups is 1. The van der Waals surface area contributed by atoms with Crippen LogP contribution in [0.5, 0.6) is 0 Å². The number of nitrogens with one attached hydrogen (secondary N) is 2. The number of allylic oxidation sites excluding steroid dienone is 1. The minimum atomic E-state index is -0.257. The number of nitrogens with zero attached hydrogens (tertiary/aromatic N) is 1. The van der Waals surface area contributed by atoms with Crippen LogP contribution in [0.2, 0.25) is 5.02 Å². The van der Waals surface area contributed by atoms with Crippen molar-refractivity contribution in [1.82, 2.24) is 10.6 Å². The summed E-state index contributed by atoms with van der Waals surface area (Å²) >= 11 is 7.03. The Bertz CT molecular complexity index is 649. The summed E-state index contributed by atoms with van der Waals surface area (Å²) in [5.74, 6) is 0.129. The number of benzene rings is 1. The lowest BCUT2D eigenvalue weighted by Crippen LogP contribution is -2.28. The highest BCUT2D eigenvalue weighted by Gasteiger charge is 2.30. The average Bonchev–Trinajstić information content (AvgIpc) is 3.35. The van der Waals surface area contributed by atoms with Crippen molar-refractivity contribution in [3.05, 3.63) is 45.0 Å². The van der Waals surface area contributed by atoms with Gasteiger partial charge in [0.15, 0.2) is 0 Å². The van der Waals surface area contributed by atoms with Crippen LogP contribution in [-0.4, -0.2) is 13.0 Å². The highest BCUT2D eigenvalue weighted by atomic mass is 35.5. The molecular formula is C15H17ClN4OS. The van der Waals surface area contributed by atoms with E-state index in [-0.39, 0.29) is 12.5 Å². The van der Waals surface area contributed by atoms with Gasteiger partial charge in [-0.3, -0.25) is 9.93 Å². The molecule has 0 bridgehead atoms. The van der Waals surface area contributed by atoms with Gasteiger partial charge in [-0.15, -0.1) is 0 Å². The Morgan fingerprint density at radius 1 is 1.55 bits per heavy atom. The Morgan fingerprint density at radius 2 is 2.27 bits per heavy atom. The van der Waals surface area contributed by atoms with E-state index in [1.807, 2.05) is 0 Å². The molecule has 1 fully saturated rings. The average molecular weight is 337 g/mol. The molecule has 1 amide bonds. The Hall–Kier alpha value is -1.68. The highest BCUT2D eigenvalue weighted by molar-refractivity contribution is 8.01. The minimum absolute atomic E-state index is 0.188. The number of hydrogen-bond acceptors (Lipinski definition) is 5. The van der Waals surface area contributed by atoms with Gasteiger partial charge in [-0.25, -0.2) is 0 Å². The van der Waals surface area contributed by atoms with Crippen molar-refractivity contribution in [3.8, 4) is 6.07 Å². The molecule has 0 unspecified atom stereocenters. The van der Waals surface area contributed by atoms with E-state index in [0.717, 1.165) is 30.5 Å². The number of amides is 1. The maximum absolute atomic E-state index is 12.4. The van der Waals surface area contributed by atoms with Gasteiger partial charge < -0.3 is 10.6 Å². The predicted octanol–water partition coefficient (Wildman–Crippen LogP) is 2.28. The van der Waals surface area contributed by atoms with E-state index in [4.69, 9.17) is 22.0 Å². The molecule has 0 atom stereocenters. The van der Waals surface area contributed by atoms with Gasteiger partial charge in [0.2, 0.25) is 0 Å². The second kappa shape index (κ2) is 7.54. The number of rotatable bonds is 6. The molecule has 0 aliphatic heterocycles. The van der Waals surface area contributed by atoms with Gasteiger partial charge in [-0.1, -0.05) is 17.7 Å². The van der Waals surface area contributed by atoms with Crippen LogP contribution < -0.4 is 15.8 Å². The zero-order valence-corrected chi connectivity index (χ0v) is 13.7. The van der Waals surface area contributed by atoms with E-state index in [1.54, 1.807) is 25.2 Å². The molecule has 1 aromatic rings. The summed E-state index contributed by atoms with van der Waals surface area (Å²) in [4.78, 5) is 12.8. The summed E-state index contributed by atoms with van der Waals surface area (Å²) in [7, 11) is 1.79. The Morgan fingerprint density at radius 3 is 2.82 bits per heavy atom. The monoisotopic (exact) mass is 336 g/mol. The number of nitrogens with two attached hydrogens (primary N) is 1. The molecule has 1 aliphatic rings. The molecule has 0 radical (unpaired) electrons. The molecule has 0 heterocycles. The topological polar surface area (TPSA) is 90.9 Å². The lowest BCUT2D eigenvalue weighted by molar-refractivity contribution is -0.117. The van der Waals surface area contributed by atoms with Crippen LogP contribution >= 0.6 is 23.5 Å². The first-order valence-corrected chi connectivity index (χ1v) is 8.12. The van der Waals surface area contributed by atoms with Crippen LogP contribution in [0.4, 0.5) is 0 Å². The molecular weight excluding hydrogens is 320 g/mol. The van der Waals surface area contributed by atoms with Crippen LogP contribution in [0.15, 0.2) is 28.8 Å². The molecule has 22 heavy (non-hydrogen) atoms. The standard InChI is InChI=1S/C15H17ClN4OS/c1-19-13(9-5-6-9)14(22-18)15(21)20-8-11-10(7-17)3-2-4-12(11)16/h2-4,9,19H,5-6,8,18H2,1H3,(H,20,21)/b14-13-. The second-order valence-electron chi connectivity index (χ2n) is 4.95. The normalized spacial score (nSPS) is 14.8. The SMILES string of the molecule is CN/C(=C(\SN)C(=O)NCc1c(Cl)cccc1C#N)C1CC1. The summed E-state index contributed by atoms with van der Waals surface area (Å²) in [5, 5.41) is 21.1. The van der Waals surface area contributed by atoms with E-state index in [2.05, 4.69) is 16.7 Å². The second-order valence-corrected chi connectivity index (χ2v) is 6.00. The van der Waals surface area contributed by atoms with Crippen molar-refractivity contribution in [3.63, 3.8) is 0 Å². The van der Waals surface area contributed by atoms with Gasteiger partial charge in [0.05, 0.1) is 11.6 Å². The van der Waals surface area contributed by atoms with Gasteiger partial charge in [-0.05, 0) is 36.9 Å². The molecule has 4 N–H and O–H groups in total. The predicted molar refractivity (Wildman–Crippen MR) is 88.6 cm³/mol. The summed E-state index contributed by atoms with van der Waals surface area (Å²) in [6, 6.07) is 7.15. The molecule has 1 saturated carbocycles. The summed E-state index contributed by atoms with van der Waals surface area (Å²) in [5.41, 5.74) is 1.94. The smallest absolute Gasteiger partial charge is 0.261 e. The maximum Gasteiger partial charge on any atom is 0.261 e. The van der Waals surface area contributed by atoms with Crippen LogP contribution in [0, 0.1) is 17.2 Å². The van der Waals surface area contributed by atoms with Crippen LogP contribution in [0.3, 0.4) is 0 Å². The lowest BCUT2D eigenvalue weighted by Gasteiger charge is -2.13. The van der Waals surface area contributed by atoms with Crippen molar-refractivity contribution in [2.45, 2.75) is 19.4 Å². The number of halogens is 1. The first-order valence-electron chi connectivity index (χ1n) is 6.86.